The average Bonchev–Trinajstić information content (AvgIpc) is 2.61. The zero-order valence-electron chi connectivity index (χ0n) is 14.2. The molecule has 0 atom stereocenters. The molecule has 0 bridgehead atoms. The number of amides is 1. The minimum atomic E-state index is -0.0619. The lowest BCUT2D eigenvalue weighted by molar-refractivity contribution is -0.116. The summed E-state index contributed by atoms with van der Waals surface area (Å²) in [6.45, 7) is 0. The van der Waals surface area contributed by atoms with Gasteiger partial charge in [0, 0.05) is 36.6 Å². The zero-order valence-corrected chi connectivity index (χ0v) is 14.2. The Labute approximate surface area is 141 Å². The molecule has 6 nitrogen and oxygen atoms in total. The van der Waals surface area contributed by atoms with E-state index < -0.39 is 0 Å². The Hall–Kier alpha value is -2.76. The Kier molecular flexibility index (Phi) is 6.42. The van der Waals surface area contributed by atoms with Gasteiger partial charge in [-0.05, 0) is 24.5 Å². The van der Waals surface area contributed by atoms with Crippen molar-refractivity contribution in [2.24, 2.45) is 0 Å². The van der Waals surface area contributed by atoms with E-state index in [2.05, 4.69) is 10.3 Å². The van der Waals surface area contributed by atoms with Gasteiger partial charge in [0.05, 0.1) is 21.3 Å². The van der Waals surface area contributed by atoms with Gasteiger partial charge in [-0.2, -0.15) is 0 Å². The van der Waals surface area contributed by atoms with E-state index in [-0.39, 0.29) is 5.91 Å². The molecule has 24 heavy (non-hydrogen) atoms. The van der Waals surface area contributed by atoms with Crippen molar-refractivity contribution in [1.82, 2.24) is 4.98 Å². The predicted molar refractivity (Wildman–Crippen MR) is 91.9 cm³/mol. The number of hydrogen-bond donors (Lipinski definition) is 1. The number of rotatable bonds is 8. The molecule has 1 heterocycles. The summed E-state index contributed by atoms with van der Waals surface area (Å²) in [5.74, 6) is 1.44. The lowest BCUT2D eigenvalue weighted by Gasteiger charge is -2.14. The smallest absolute Gasteiger partial charge is 0.224 e. The Morgan fingerprint density at radius 1 is 1.12 bits per heavy atom. The van der Waals surface area contributed by atoms with Crippen molar-refractivity contribution in [2.45, 2.75) is 19.3 Å². The highest BCUT2D eigenvalue weighted by Crippen LogP contribution is 2.39. The number of nitrogens with one attached hydrogen (secondary N) is 1. The first kappa shape index (κ1) is 17.6. The molecule has 1 amide bonds. The Bertz CT molecular complexity index is 649. The molecule has 0 aliphatic carbocycles. The van der Waals surface area contributed by atoms with Gasteiger partial charge in [0.1, 0.15) is 0 Å². The number of hydrogen-bond acceptors (Lipinski definition) is 5. The van der Waals surface area contributed by atoms with Gasteiger partial charge in [-0.15, -0.1) is 0 Å². The number of aromatic nitrogens is 1. The molecule has 1 aromatic heterocycles. The van der Waals surface area contributed by atoms with Crippen LogP contribution >= 0.6 is 0 Å². The summed E-state index contributed by atoms with van der Waals surface area (Å²) in [6, 6.07) is 7.32. The minimum absolute atomic E-state index is 0.0619. The lowest BCUT2D eigenvalue weighted by atomic mass is 10.1. The topological polar surface area (TPSA) is 69.7 Å². The SMILES string of the molecule is COc1cc(NC(=O)CCCc2cccnc2)cc(OC)c1OC. The molecule has 0 radical (unpaired) electrons. The van der Waals surface area contributed by atoms with Gasteiger partial charge in [0.25, 0.3) is 0 Å². The van der Waals surface area contributed by atoms with E-state index in [1.165, 1.54) is 21.3 Å². The third kappa shape index (κ3) is 4.62. The van der Waals surface area contributed by atoms with Crippen LogP contribution in [0.4, 0.5) is 5.69 Å². The molecular weight excluding hydrogens is 308 g/mol. The van der Waals surface area contributed by atoms with Crippen LogP contribution in [-0.2, 0) is 11.2 Å². The molecule has 0 saturated heterocycles. The van der Waals surface area contributed by atoms with Crippen LogP contribution in [0, 0.1) is 0 Å². The molecular formula is C18H22N2O4. The number of methoxy groups -OCH3 is 3. The number of nitrogens with zero attached hydrogens (tertiary/aromatic N) is 1. The summed E-state index contributed by atoms with van der Waals surface area (Å²) < 4.78 is 15.8. The third-order valence-corrected chi connectivity index (χ3v) is 3.54. The van der Waals surface area contributed by atoms with Crippen LogP contribution in [0.15, 0.2) is 36.7 Å². The van der Waals surface area contributed by atoms with Crippen molar-refractivity contribution in [1.29, 1.82) is 0 Å². The molecule has 1 N–H and O–H groups in total. The molecule has 2 aromatic rings. The Morgan fingerprint density at radius 3 is 2.38 bits per heavy atom. The molecule has 128 valence electrons. The second kappa shape index (κ2) is 8.76. The summed E-state index contributed by atoms with van der Waals surface area (Å²) in [7, 11) is 4.62. The maximum absolute atomic E-state index is 12.1. The molecule has 0 aliphatic heterocycles. The lowest BCUT2D eigenvalue weighted by Crippen LogP contribution is -2.12. The molecule has 0 fully saturated rings. The van der Waals surface area contributed by atoms with Gasteiger partial charge in [-0.1, -0.05) is 6.07 Å². The predicted octanol–water partition coefficient (Wildman–Crippen LogP) is 3.07. The van der Waals surface area contributed by atoms with E-state index in [9.17, 15) is 4.79 Å². The van der Waals surface area contributed by atoms with Crippen molar-refractivity contribution >= 4 is 11.6 Å². The maximum Gasteiger partial charge on any atom is 0.224 e. The number of anilines is 1. The van der Waals surface area contributed by atoms with Crippen LogP contribution in [0.25, 0.3) is 0 Å². The zero-order chi connectivity index (χ0) is 17.4. The van der Waals surface area contributed by atoms with E-state index in [0.717, 1.165) is 18.4 Å². The molecule has 6 heteroatoms. The van der Waals surface area contributed by atoms with Crippen molar-refractivity contribution in [3.05, 3.63) is 42.2 Å². The van der Waals surface area contributed by atoms with Gasteiger partial charge in [-0.3, -0.25) is 9.78 Å². The largest absolute Gasteiger partial charge is 0.493 e. The fraction of sp³-hybridized carbons (Fsp3) is 0.333. The van der Waals surface area contributed by atoms with Crippen LogP contribution in [-0.4, -0.2) is 32.2 Å². The summed E-state index contributed by atoms with van der Waals surface area (Å²) in [4.78, 5) is 16.2. The standard InChI is InChI=1S/C18H22N2O4/c1-22-15-10-14(11-16(23-2)18(15)24-3)20-17(21)8-4-6-13-7-5-9-19-12-13/h5,7,9-12H,4,6,8H2,1-3H3,(H,20,21). The fourth-order valence-electron chi connectivity index (χ4n) is 2.38. The van der Waals surface area contributed by atoms with Crippen LogP contribution in [0.2, 0.25) is 0 Å². The Balaban J connectivity index is 1.96. The summed E-state index contributed by atoms with van der Waals surface area (Å²) >= 11 is 0. The fourth-order valence-corrected chi connectivity index (χ4v) is 2.38. The van der Waals surface area contributed by atoms with Gasteiger partial charge in [-0.25, -0.2) is 0 Å². The second-order valence-corrected chi connectivity index (χ2v) is 5.18. The summed E-state index contributed by atoms with van der Waals surface area (Å²) in [5.41, 5.74) is 1.73. The van der Waals surface area contributed by atoms with Crippen LogP contribution < -0.4 is 19.5 Å². The number of aryl methyl sites for hydroxylation is 1. The highest BCUT2D eigenvalue weighted by Gasteiger charge is 2.14. The number of pyridine rings is 1. The summed E-state index contributed by atoms with van der Waals surface area (Å²) in [5, 5.41) is 2.86. The van der Waals surface area contributed by atoms with Crippen molar-refractivity contribution < 1.29 is 19.0 Å². The van der Waals surface area contributed by atoms with Crippen LogP contribution in [0.1, 0.15) is 18.4 Å². The van der Waals surface area contributed by atoms with E-state index in [1.807, 2.05) is 18.3 Å². The third-order valence-electron chi connectivity index (χ3n) is 3.54. The Morgan fingerprint density at radius 2 is 1.83 bits per heavy atom. The first-order valence-corrected chi connectivity index (χ1v) is 7.66. The van der Waals surface area contributed by atoms with Crippen LogP contribution in [0.3, 0.4) is 0 Å². The number of carbonyl (C=O) groups is 1. The second-order valence-electron chi connectivity index (χ2n) is 5.18. The molecule has 0 spiro atoms. The van der Waals surface area contributed by atoms with Gasteiger partial charge in [0.15, 0.2) is 11.5 Å². The molecule has 0 saturated carbocycles. The van der Waals surface area contributed by atoms with Crippen molar-refractivity contribution in [3.63, 3.8) is 0 Å². The van der Waals surface area contributed by atoms with Crippen molar-refractivity contribution in [2.75, 3.05) is 26.6 Å². The average molecular weight is 330 g/mol. The quantitative estimate of drug-likeness (QED) is 0.805. The minimum Gasteiger partial charge on any atom is -0.493 e. The monoisotopic (exact) mass is 330 g/mol. The van der Waals surface area contributed by atoms with Crippen molar-refractivity contribution in [3.8, 4) is 17.2 Å². The number of carbonyl (C=O) groups excluding carboxylic acids is 1. The highest BCUT2D eigenvalue weighted by molar-refractivity contribution is 5.91. The van der Waals surface area contributed by atoms with E-state index in [4.69, 9.17) is 14.2 Å². The number of benzene rings is 1. The van der Waals surface area contributed by atoms with Crippen LogP contribution in [0.5, 0.6) is 17.2 Å². The number of ether oxygens (including phenoxy) is 3. The molecule has 1 aromatic carbocycles. The maximum atomic E-state index is 12.1. The molecule has 0 aliphatic rings. The summed E-state index contributed by atoms with van der Waals surface area (Å²) in [6.07, 6.45) is 5.54. The molecule has 2 rings (SSSR count). The van der Waals surface area contributed by atoms with Gasteiger partial charge >= 0.3 is 0 Å². The first-order chi connectivity index (χ1) is 11.7. The van der Waals surface area contributed by atoms with E-state index in [1.54, 1.807) is 18.3 Å². The van der Waals surface area contributed by atoms with Gasteiger partial charge in [0.2, 0.25) is 11.7 Å². The van der Waals surface area contributed by atoms with E-state index in [0.29, 0.717) is 29.4 Å². The van der Waals surface area contributed by atoms with E-state index >= 15 is 0 Å². The normalized spacial score (nSPS) is 10.1. The molecule has 0 unspecified atom stereocenters. The highest BCUT2D eigenvalue weighted by atomic mass is 16.5. The van der Waals surface area contributed by atoms with Gasteiger partial charge < -0.3 is 19.5 Å². The first-order valence-electron chi connectivity index (χ1n) is 7.66.